The molecule has 0 saturated carbocycles. The van der Waals surface area contributed by atoms with Gasteiger partial charge in [0.15, 0.2) is 5.82 Å². The van der Waals surface area contributed by atoms with Gasteiger partial charge in [0, 0.05) is 11.1 Å². The lowest BCUT2D eigenvalue weighted by atomic mass is 10.3. The Hall–Kier alpha value is -1.85. The van der Waals surface area contributed by atoms with E-state index in [0.29, 0.717) is 21.4 Å². The summed E-state index contributed by atoms with van der Waals surface area (Å²) in [5, 5.41) is 8.87. The van der Waals surface area contributed by atoms with Gasteiger partial charge in [-0.05, 0) is 24.3 Å². The quantitative estimate of drug-likeness (QED) is 0.816. The first kappa shape index (κ1) is 12.6. The van der Waals surface area contributed by atoms with Gasteiger partial charge < -0.3 is 11.5 Å². The number of aromatic nitrogens is 1. The minimum atomic E-state index is 0.137. The number of rotatable bonds is 2. The maximum absolute atomic E-state index is 5.95. The average molecular weight is 282 g/mol. The van der Waals surface area contributed by atoms with Gasteiger partial charge in [0.2, 0.25) is 0 Å². The summed E-state index contributed by atoms with van der Waals surface area (Å²) in [5.74, 6) is 0.376. The van der Waals surface area contributed by atoms with Crippen molar-refractivity contribution in [3.8, 4) is 0 Å². The van der Waals surface area contributed by atoms with Crippen LogP contribution < -0.4 is 11.5 Å². The minimum absolute atomic E-state index is 0.137. The summed E-state index contributed by atoms with van der Waals surface area (Å²) < 4.78 is 0. The number of anilines is 2. The molecule has 0 aliphatic heterocycles. The maximum Gasteiger partial charge on any atom is 0.155 e. The van der Waals surface area contributed by atoms with Gasteiger partial charge in [-0.3, -0.25) is 0 Å². The highest BCUT2D eigenvalue weighted by Gasteiger charge is 2.06. The third-order valence-corrected chi connectivity index (χ3v) is 2.63. The third kappa shape index (κ3) is 2.88. The first-order chi connectivity index (χ1) is 8.56. The Morgan fingerprint density at radius 3 is 2.28 bits per heavy atom. The molecule has 2 rings (SSSR count). The molecule has 0 radical (unpaired) electrons. The van der Waals surface area contributed by atoms with Crippen LogP contribution >= 0.6 is 23.2 Å². The Balaban J connectivity index is 2.31. The zero-order valence-corrected chi connectivity index (χ0v) is 10.7. The zero-order valence-electron chi connectivity index (χ0n) is 9.14. The van der Waals surface area contributed by atoms with Crippen molar-refractivity contribution in [2.24, 2.45) is 10.2 Å². The summed E-state index contributed by atoms with van der Waals surface area (Å²) in [7, 11) is 0. The molecule has 0 amide bonds. The molecule has 2 aromatic rings. The highest BCUT2D eigenvalue weighted by molar-refractivity contribution is 6.33. The Labute approximate surface area is 113 Å². The molecule has 0 atom stereocenters. The normalized spacial score (nSPS) is 11.0. The van der Waals surface area contributed by atoms with E-state index in [0.717, 1.165) is 0 Å². The Kier molecular flexibility index (Phi) is 3.64. The van der Waals surface area contributed by atoms with Gasteiger partial charge in [0.05, 0.1) is 10.7 Å². The first-order valence-electron chi connectivity index (χ1n) is 4.95. The molecule has 1 heterocycles. The van der Waals surface area contributed by atoms with Crippen molar-refractivity contribution in [3.05, 3.63) is 40.4 Å². The Bertz CT molecular complexity index is 572. The van der Waals surface area contributed by atoms with Crippen LogP contribution in [0.2, 0.25) is 10.0 Å². The molecule has 0 fully saturated rings. The lowest BCUT2D eigenvalue weighted by Crippen LogP contribution is -1.96. The summed E-state index contributed by atoms with van der Waals surface area (Å²) in [6.45, 7) is 0. The first-order valence-corrected chi connectivity index (χ1v) is 5.70. The van der Waals surface area contributed by atoms with Crippen molar-refractivity contribution in [2.45, 2.75) is 0 Å². The molecular formula is C11H9Cl2N5. The second kappa shape index (κ2) is 5.20. The van der Waals surface area contributed by atoms with Crippen molar-refractivity contribution in [3.63, 3.8) is 0 Å². The van der Waals surface area contributed by atoms with Crippen molar-refractivity contribution < 1.29 is 0 Å². The van der Waals surface area contributed by atoms with Crippen LogP contribution in [0.4, 0.5) is 23.0 Å². The highest BCUT2D eigenvalue weighted by atomic mass is 35.5. The molecule has 0 aliphatic carbocycles. The lowest BCUT2D eigenvalue weighted by Gasteiger charge is -2.02. The Morgan fingerprint density at radius 2 is 1.67 bits per heavy atom. The average Bonchev–Trinajstić information content (AvgIpc) is 2.30. The number of halogens is 2. The van der Waals surface area contributed by atoms with Gasteiger partial charge in [0.1, 0.15) is 11.5 Å². The van der Waals surface area contributed by atoms with Crippen molar-refractivity contribution in [2.75, 3.05) is 11.5 Å². The number of azo groups is 1. The van der Waals surface area contributed by atoms with Crippen LogP contribution in [-0.2, 0) is 0 Å². The van der Waals surface area contributed by atoms with E-state index in [1.54, 1.807) is 24.3 Å². The number of pyridine rings is 1. The van der Waals surface area contributed by atoms with Gasteiger partial charge in [0.25, 0.3) is 0 Å². The topological polar surface area (TPSA) is 89.6 Å². The number of nitrogens with two attached hydrogens (primary N) is 2. The zero-order chi connectivity index (χ0) is 13.1. The third-order valence-electron chi connectivity index (χ3n) is 2.09. The molecule has 0 spiro atoms. The van der Waals surface area contributed by atoms with E-state index in [4.69, 9.17) is 34.7 Å². The SMILES string of the molecule is Nc1cc(Cl)c(/N=N/c2ccc(Cl)cc2)c(N)n1. The fourth-order valence-electron chi connectivity index (χ4n) is 1.26. The highest BCUT2D eigenvalue weighted by Crippen LogP contribution is 2.32. The van der Waals surface area contributed by atoms with E-state index < -0.39 is 0 Å². The van der Waals surface area contributed by atoms with Gasteiger partial charge in [-0.25, -0.2) is 4.98 Å². The van der Waals surface area contributed by atoms with E-state index in [2.05, 4.69) is 15.2 Å². The van der Waals surface area contributed by atoms with Crippen LogP contribution in [0.15, 0.2) is 40.6 Å². The van der Waals surface area contributed by atoms with Crippen molar-refractivity contribution in [1.82, 2.24) is 4.98 Å². The summed E-state index contributed by atoms with van der Waals surface area (Å²) in [4.78, 5) is 3.86. The molecule has 7 heteroatoms. The number of benzene rings is 1. The van der Waals surface area contributed by atoms with Crippen LogP contribution in [0, 0.1) is 0 Å². The van der Waals surface area contributed by atoms with Crippen molar-refractivity contribution >= 4 is 46.2 Å². The number of nitrogen functional groups attached to an aromatic ring is 2. The number of nitrogens with zero attached hydrogens (tertiary/aromatic N) is 3. The fraction of sp³-hybridized carbons (Fsp3) is 0. The molecule has 0 aliphatic rings. The summed E-state index contributed by atoms with van der Waals surface area (Å²) in [5.41, 5.74) is 12.1. The van der Waals surface area contributed by atoms with Gasteiger partial charge >= 0.3 is 0 Å². The van der Waals surface area contributed by atoms with Gasteiger partial charge in [-0.1, -0.05) is 23.2 Å². The summed E-state index contributed by atoms with van der Waals surface area (Å²) in [6.07, 6.45) is 0. The molecule has 0 saturated heterocycles. The minimum Gasteiger partial charge on any atom is -0.384 e. The second-order valence-corrected chi connectivity index (χ2v) is 4.28. The molecule has 92 valence electrons. The second-order valence-electron chi connectivity index (χ2n) is 3.44. The standard InChI is InChI=1S/C11H9Cl2N5/c12-6-1-3-7(4-2-6)17-18-10-8(13)5-9(14)16-11(10)15/h1-5H,(H4,14,15,16)/b18-17+. The lowest BCUT2D eigenvalue weighted by molar-refractivity contribution is 1.21. The van der Waals surface area contributed by atoms with Crippen molar-refractivity contribution in [1.29, 1.82) is 0 Å². The van der Waals surface area contributed by atoms with Gasteiger partial charge in [-0.2, -0.15) is 5.11 Å². The molecule has 18 heavy (non-hydrogen) atoms. The molecule has 1 aromatic heterocycles. The van der Waals surface area contributed by atoms with Crippen LogP contribution in [0.5, 0.6) is 0 Å². The molecule has 0 unspecified atom stereocenters. The summed E-state index contributed by atoms with van der Waals surface area (Å²) >= 11 is 11.7. The predicted octanol–water partition coefficient (Wildman–Crippen LogP) is 3.97. The van der Waals surface area contributed by atoms with E-state index in [1.807, 2.05) is 0 Å². The van der Waals surface area contributed by atoms with E-state index >= 15 is 0 Å². The van der Waals surface area contributed by atoms with E-state index in [-0.39, 0.29) is 11.6 Å². The number of hydrogen-bond acceptors (Lipinski definition) is 5. The maximum atomic E-state index is 5.95. The predicted molar refractivity (Wildman–Crippen MR) is 73.7 cm³/mol. The summed E-state index contributed by atoms with van der Waals surface area (Å²) in [6, 6.07) is 8.33. The molecule has 5 nitrogen and oxygen atoms in total. The fourth-order valence-corrected chi connectivity index (χ4v) is 1.63. The monoisotopic (exact) mass is 281 g/mol. The largest absolute Gasteiger partial charge is 0.384 e. The van der Waals surface area contributed by atoms with E-state index in [9.17, 15) is 0 Å². The molecular weight excluding hydrogens is 273 g/mol. The van der Waals surface area contributed by atoms with Crippen LogP contribution in [0.3, 0.4) is 0 Å². The smallest absolute Gasteiger partial charge is 0.155 e. The van der Waals surface area contributed by atoms with Crippen LogP contribution in [-0.4, -0.2) is 4.98 Å². The molecule has 0 bridgehead atoms. The van der Waals surface area contributed by atoms with Crippen LogP contribution in [0.1, 0.15) is 0 Å². The molecule has 1 aromatic carbocycles. The van der Waals surface area contributed by atoms with Crippen LogP contribution in [0.25, 0.3) is 0 Å². The molecule has 4 N–H and O–H groups in total. The van der Waals surface area contributed by atoms with Gasteiger partial charge in [-0.15, -0.1) is 5.11 Å². The Morgan fingerprint density at radius 1 is 1.00 bits per heavy atom. The number of hydrogen-bond donors (Lipinski definition) is 2. The van der Waals surface area contributed by atoms with E-state index in [1.165, 1.54) is 6.07 Å².